The highest BCUT2D eigenvalue weighted by molar-refractivity contribution is 7.92. The molecule has 0 saturated heterocycles. The number of carbonyl (C=O) groups is 1. The van der Waals surface area contributed by atoms with Gasteiger partial charge in [0.2, 0.25) is 0 Å². The Hall–Kier alpha value is -2.42. The van der Waals surface area contributed by atoms with E-state index in [1.165, 1.54) is 36.1 Å². The Morgan fingerprint density at radius 1 is 1.47 bits per heavy atom. The van der Waals surface area contributed by atoms with Crippen LogP contribution in [0.2, 0.25) is 0 Å². The number of aryl methyl sites for hydroxylation is 1. The molecular formula is C10H10N4O4S. The second-order valence-corrected chi connectivity index (χ2v) is 5.37. The van der Waals surface area contributed by atoms with Gasteiger partial charge in [-0.25, -0.2) is 13.2 Å². The largest absolute Gasteiger partial charge is 0.477 e. The van der Waals surface area contributed by atoms with Gasteiger partial charge in [0, 0.05) is 19.4 Å². The van der Waals surface area contributed by atoms with E-state index in [1.807, 2.05) is 0 Å². The van der Waals surface area contributed by atoms with E-state index >= 15 is 0 Å². The van der Waals surface area contributed by atoms with Gasteiger partial charge in [-0.1, -0.05) is 0 Å². The number of sulfonamides is 1. The van der Waals surface area contributed by atoms with Crippen LogP contribution < -0.4 is 4.72 Å². The van der Waals surface area contributed by atoms with E-state index in [2.05, 4.69) is 14.9 Å². The fraction of sp³-hybridized carbons (Fsp3) is 0.100. The lowest BCUT2D eigenvalue weighted by molar-refractivity contribution is 0.0686. The van der Waals surface area contributed by atoms with Crippen LogP contribution in [0.1, 0.15) is 10.5 Å². The number of aromatic carboxylic acids is 1. The summed E-state index contributed by atoms with van der Waals surface area (Å²) in [6.45, 7) is 0. The topological polar surface area (TPSA) is 114 Å². The summed E-state index contributed by atoms with van der Waals surface area (Å²) in [5.41, 5.74) is -0.125. The standard InChI is InChI=1S/C10H10N4O4S/c1-14-6-7(5-8(14)10(15)16)19(17,18)13-9-3-2-4-11-12-9/h2-6H,1H3,(H,12,13)(H,15,16). The van der Waals surface area contributed by atoms with E-state index in [-0.39, 0.29) is 16.4 Å². The van der Waals surface area contributed by atoms with Gasteiger partial charge in [0.05, 0.1) is 0 Å². The average Bonchev–Trinajstić information content (AvgIpc) is 2.73. The third kappa shape index (κ3) is 2.71. The first-order valence-electron chi connectivity index (χ1n) is 5.10. The van der Waals surface area contributed by atoms with Crippen LogP contribution in [-0.4, -0.2) is 34.3 Å². The van der Waals surface area contributed by atoms with Crippen molar-refractivity contribution in [1.82, 2.24) is 14.8 Å². The number of anilines is 1. The Morgan fingerprint density at radius 2 is 2.21 bits per heavy atom. The van der Waals surface area contributed by atoms with Gasteiger partial charge in [-0.2, -0.15) is 5.10 Å². The first-order chi connectivity index (χ1) is 8.90. The molecule has 2 rings (SSSR count). The summed E-state index contributed by atoms with van der Waals surface area (Å²) in [6.07, 6.45) is 2.62. The highest BCUT2D eigenvalue weighted by atomic mass is 32.2. The van der Waals surface area contributed by atoms with Gasteiger partial charge in [-0.15, -0.1) is 5.10 Å². The number of aromatic nitrogens is 3. The molecule has 0 amide bonds. The Bertz CT molecular complexity index is 708. The molecule has 0 fully saturated rings. The van der Waals surface area contributed by atoms with Gasteiger partial charge in [-0.05, 0) is 18.2 Å². The smallest absolute Gasteiger partial charge is 0.352 e. The Balaban J connectivity index is 2.35. The second kappa shape index (κ2) is 4.69. The normalized spacial score (nSPS) is 11.2. The van der Waals surface area contributed by atoms with Crippen LogP contribution in [0.15, 0.2) is 35.5 Å². The molecule has 2 heterocycles. The fourth-order valence-corrected chi connectivity index (χ4v) is 2.51. The maximum atomic E-state index is 12.0. The average molecular weight is 282 g/mol. The number of carboxylic acids is 1. The number of carboxylic acid groups (broad SMARTS) is 1. The van der Waals surface area contributed by atoms with Crippen LogP contribution in [0.25, 0.3) is 0 Å². The molecule has 0 aliphatic heterocycles. The molecule has 0 aromatic carbocycles. The molecule has 0 saturated carbocycles. The van der Waals surface area contributed by atoms with Gasteiger partial charge in [0.15, 0.2) is 5.82 Å². The molecule has 8 nitrogen and oxygen atoms in total. The molecule has 0 aliphatic carbocycles. The van der Waals surface area contributed by atoms with Crippen molar-refractivity contribution in [2.45, 2.75) is 4.90 Å². The minimum absolute atomic E-state index is 0.0585. The number of nitrogens with one attached hydrogen (secondary N) is 1. The SMILES string of the molecule is Cn1cc(S(=O)(=O)Nc2cccnn2)cc1C(=O)O. The molecule has 0 spiro atoms. The highest BCUT2D eigenvalue weighted by Gasteiger charge is 2.20. The lowest BCUT2D eigenvalue weighted by atomic mass is 10.4. The molecule has 19 heavy (non-hydrogen) atoms. The zero-order chi connectivity index (χ0) is 14.0. The number of rotatable bonds is 4. The van der Waals surface area contributed by atoms with Crippen LogP contribution in [0, 0.1) is 0 Å². The van der Waals surface area contributed by atoms with Crippen molar-refractivity contribution in [3.63, 3.8) is 0 Å². The highest BCUT2D eigenvalue weighted by Crippen LogP contribution is 2.16. The van der Waals surface area contributed by atoms with Crippen molar-refractivity contribution in [3.05, 3.63) is 36.3 Å². The Kier molecular flexibility index (Phi) is 3.21. The minimum Gasteiger partial charge on any atom is -0.477 e. The van der Waals surface area contributed by atoms with Crippen molar-refractivity contribution in [2.75, 3.05) is 4.72 Å². The lowest BCUT2D eigenvalue weighted by Gasteiger charge is -2.03. The molecule has 2 aromatic rings. The van der Waals surface area contributed by atoms with E-state index in [0.29, 0.717) is 0 Å². The van der Waals surface area contributed by atoms with Crippen molar-refractivity contribution < 1.29 is 18.3 Å². The Morgan fingerprint density at radius 3 is 2.74 bits per heavy atom. The number of nitrogens with zero attached hydrogens (tertiary/aromatic N) is 3. The molecule has 2 aromatic heterocycles. The summed E-state index contributed by atoms with van der Waals surface area (Å²) in [4.78, 5) is 10.7. The zero-order valence-electron chi connectivity index (χ0n) is 9.81. The first-order valence-corrected chi connectivity index (χ1v) is 6.58. The van der Waals surface area contributed by atoms with E-state index in [1.54, 1.807) is 0 Å². The summed E-state index contributed by atoms with van der Waals surface area (Å²) < 4.78 is 27.4. The summed E-state index contributed by atoms with van der Waals surface area (Å²) in [7, 11) is -2.44. The van der Waals surface area contributed by atoms with Gasteiger partial charge in [0.25, 0.3) is 10.0 Å². The lowest BCUT2D eigenvalue weighted by Crippen LogP contribution is -2.13. The van der Waals surface area contributed by atoms with Crippen LogP contribution in [0.4, 0.5) is 5.82 Å². The predicted octanol–water partition coefficient (Wildman–Crippen LogP) is 0.314. The molecule has 0 radical (unpaired) electrons. The van der Waals surface area contributed by atoms with E-state index in [9.17, 15) is 13.2 Å². The quantitative estimate of drug-likeness (QED) is 0.834. The monoisotopic (exact) mass is 282 g/mol. The third-order valence-electron chi connectivity index (χ3n) is 2.32. The zero-order valence-corrected chi connectivity index (χ0v) is 10.6. The molecule has 100 valence electrons. The summed E-state index contributed by atoms with van der Waals surface area (Å²) in [6, 6.07) is 4.03. The van der Waals surface area contributed by atoms with Gasteiger partial charge >= 0.3 is 5.97 Å². The molecule has 0 unspecified atom stereocenters. The predicted molar refractivity (Wildman–Crippen MR) is 65.2 cm³/mol. The summed E-state index contributed by atoms with van der Waals surface area (Å²) >= 11 is 0. The van der Waals surface area contributed by atoms with Gasteiger partial charge in [0.1, 0.15) is 10.6 Å². The minimum atomic E-state index is -3.89. The summed E-state index contributed by atoms with van der Waals surface area (Å²) in [5, 5.41) is 16.0. The van der Waals surface area contributed by atoms with Crippen molar-refractivity contribution >= 4 is 21.8 Å². The van der Waals surface area contributed by atoms with Crippen LogP contribution in [0.3, 0.4) is 0 Å². The van der Waals surface area contributed by atoms with Crippen LogP contribution in [0.5, 0.6) is 0 Å². The maximum absolute atomic E-state index is 12.0. The molecular weight excluding hydrogens is 272 g/mol. The van der Waals surface area contributed by atoms with E-state index in [4.69, 9.17) is 5.11 Å². The van der Waals surface area contributed by atoms with Gasteiger partial charge < -0.3 is 9.67 Å². The van der Waals surface area contributed by atoms with E-state index in [0.717, 1.165) is 6.07 Å². The van der Waals surface area contributed by atoms with E-state index < -0.39 is 16.0 Å². The molecule has 2 N–H and O–H groups in total. The van der Waals surface area contributed by atoms with Gasteiger partial charge in [-0.3, -0.25) is 4.72 Å². The third-order valence-corrected chi connectivity index (χ3v) is 3.64. The number of hydrogen-bond donors (Lipinski definition) is 2. The molecule has 0 aliphatic rings. The summed E-state index contributed by atoms with van der Waals surface area (Å²) in [5.74, 6) is -1.15. The van der Waals surface area contributed by atoms with Crippen molar-refractivity contribution in [1.29, 1.82) is 0 Å². The fourth-order valence-electron chi connectivity index (χ4n) is 1.45. The van der Waals surface area contributed by atoms with Crippen LogP contribution >= 0.6 is 0 Å². The molecule has 9 heteroatoms. The van der Waals surface area contributed by atoms with Crippen LogP contribution in [-0.2, 0) is 17.1 Å². The van der Waals surface area contributed by atoms with Crippen molar-refractivity contribution in [3.8, 4) is 0 Å². The molecule has 0 bridgehead atoms. The maximum Gasteiger partial charge on any atom is 0.352 e. The Labute approximate surface area is 108 Å². The first kappa shape index (κ1) is 13.0. The van der Waals surface area contributed by atoms with Crippen molar-refractivity contribution in [2.24, 2.45) is 7.05 Å². The number of hydrogen-bond acceptors (Lipinski definition) is 5. The second-order valence-electron chi connectivity index (χ2n) is 3.69. The molecule has 0 atom stereocenters.